The van der Waals surface area contributed by atoms with Crippen molar-refractivity contribution >= 4 is 40.0 Å². The van der Waals surface area contributed by atoms with Crippen molar-refractivity contribution in [3.8, 4) is 0 Å². The zero-order valence-corrected chi connectivity index (χ0v) is 16.2. The molecule has 1 aromatic heterocycles. The predicted molar refractivity (Wildman–Crippen MR) is 107 cm³/mol. The van der Waals surface area contributed by atoms with Crippen molar-refractivity contribution in [3.05, 3.63) is 69.5 Å². The first-order valence-corrected chi connectivity index (χ1v) is 9.74. The molecule has 0 unspecified atom stereocenters. The van der Waals surface area contributed by atoms with Gasteiger partial charge in [0.2, 0.25) is 0 Å². The SMILES string of the molecule is CC(C)Cn1c(SCC(=O)c2ccccc2Cl)nc2ccccc2c1=O. The number of carbonyl (C=O) groups is 1. The average Bonchev–Trinajstić information content (AvgIpc) is 2.62. The van der Waals surface area contributed by atoms with Crippen LogP contribution < -0.4 is 5.56 Å². The number of halogens is 1. The second kappa shape index (κ2) is 8.06. The molecule has 0 spiro atoms. The second-order valence-electron chi connectivity index (χ2n) is 6.41. The van der Waals surface area contributed by atoms with Gasteiger partial charge < -0.3 is 0 Å². The molecule has 0 N–H and O–H groups in total. The zero-order chi connectivity index (χ0) is 18.7. The van der Waals surface area contributed by atoms with Gasteiger partial charge in [0, 0.05) is 12.1 Å². The lowest BCUT2D eigenvalue weighted by atomic mass is 10.1. The van der Waals surface area contributed by atoms with E-state index >= 15 is 0 Å². The lowest BCUT2D eigenvalue weighted by molar-refractivity contribution is 0.102. The summed E-state index contributed by atoms with van der Waals surface area (Å²) in [7, 11) is 0. The number of fused-ring (bicyclic) bond motifs is 1. The normalized spacial score (nSPS) is 11.2. The van der Waals surface area contributed by atoms with E-state index < -0.39 is 0 Å². The first-order chi connectivity index (χ1) is 12.5. The highest BCUT2D eigenvalue weighted by Gasteiger charge is 2.16. The van der Waals surface area contributed by atoms with Gasteiger partial charge in [-0.3, -0.25) is 14.2 Å². The van der Waals surface area contributed by atoms with Crippen LogP contribution in [0.1, 0.15) is 24.2 Å². The van der Waals surface area contributed by atoms with E-state index in [-0.39, 0.29) is 23.0 Å². The van der Waals surface area contributed by atoms with Crippen LogP contribution >= 0.6 is 23.4 Å². The average molecular weight is 387 g/mol. The third-order valence-corrected chi connectivity index (χ3v) is 5.19. The minimum absolute atomic E-state index is 0.0722. The summed E-state index contributed by atoms with van der Waals surface area (Å²) in [5.41, 5.74) is 1.06. The van der Waals surface area contributed by atoms with Crippen molar-refractivity contribution < 1.29 is 4.79 Å². The van der Waals surface area contributed by atoms with Gasteiger partial charge in [-0.2, -0.15) is 0 Å². The molecule has 3 rings (SSSR count). The second-order valence-corrected chi connectivity index (χ2v) is 7.76. The van der Waals surface area contributed by atoms with E-state index in [0.717, 1.165) is 0 Å². The topological polar surface area (TPSA) is 52.0 Å². The third kappa shape index (κ3) is 4.00. The first kappa shape index (κ1) is 18.7. The fraction of sp³-hybridized carbons (Fsp3) is 0.250. The maximum Gasteiger partial charge on any atom is 0.262 e. The van der Waals surface area contributed by atoms with Crippen molar-refractivity contribution in [1.29, 1.82) is 0 Å². The molecule has 0 aliphatic carbocycles. The minimum Gasteiger partial charge on any atom is -0.293 e. The van der Waals surface area contributed by atoms with Crippen molar-refractivity contribution in [2.75, 3.05) is 5.75 Å². The first-order valence-electron chi connectivity index (χ1n) is 8.37. The van der Waals surface area contributed by atoms with E-state index in [2.05, 4.69) is 4.98 Å². The summed E-state index contributed by atoms with van der Waals surface area (Å²) in [6.07, 6.45) is 0. The van der Waals surface area contributed by atoms with Gasteiger partial charge in [-0.15, -0.1) is 0 Å². The Kier molecular flexibility index (Phi) is 5.79. The quantitative estimate of drug-likeness (QED) is 0.350. The molecule has 6 heteroatoms. The van der Waals surface area contributed by atoms with Crippen molar-refractivity contribution in [1.82, 2.24) is 9.55 Å². The van der Waals surface area contributed by atoms with E-state index in [1.54, 1.807) is 34.9 Å². The number of carbonyl (C=O) groups excluding carboxylic acids is 1. The molecule has 0 fully saturated rings. The molecular weight excluding hydrogens is 368 g/mol. The number of aromatic nitrogens is 2. The summed E-state index contributed by atoms with van der Waals surface area (Å²) in [6, 6.07) is 14.3. The van der Waals surface area contributed by atoms with Gasteiger partial charge >= 0.3 is 0 Å². The summed E-state index contributed by atoms with van der Waals surface area (Å²) >= 11 is 7.38. The van der Waals surface area contributed by atoms with Gasteiger partial charge in [0.15, 0.2) is 10.9 Å². The van der Waals surface area contributed by atoms with Crippen LogP contribution in [0.4, 0.5) is 0 Å². The molecular formula is C20H19ClN2O2S. The number of ketones is 1. The molecule has 0 saturated carbocycles. The van der Waals surface area contributed by atoms with Crippen LogP contribution in [-0.4, -0.2) is 21.1 Å². The highest BCUT2D eigenvalue weighted by Crippen LogP contribution is 2.22. The fourth-order valence-electron chi connectivity index (χ4n) is 2.68. The molecule has 134 valence electrons. The van der Waals surface area contributed by atoms with Crippen molar-refractivity contribution in [3.63, 3.8) is 0 Å². The Hall–Kier alpha value is -2.11. The molecule has 0 radical (unpaired) electrons. The Labute approximate surface area is 161 Å². The standard InChI is InChI=1S/C20H19ClN2O2S/c1-13(2)11-23-19(25)15-8-4-6-10-17(15)22-20(23)26-12-18(24)14-7-3-5-9-16(14)21/h3-10,13H,11-12H2,1-2H3. The van der Waals surface area contributed by atoms with Gasteiger partial charge in [-0.25, -0.2) is 4.98 Å². The minimum atomic E-state index is -0.0842. The lowest BCUT2D eigenvalue weighted by Gasteiger charge is -2.14. The Balaban J connectivity index is 1.94. The van der Waals surface area contributed by atoms with Crippen LogP contribution in [0.3, 0.4) is 0 Å². The predicted octanol–water partition coefficient (Wildman–Crippen LogP) is 4.68. The molecule has 0 atom stereocenters. The van der Waals surface area contributed by atoms with Gasteiger partial charge in [-0.1, -0.05) is 61.5 Å². The maximum absolute atomic E-state index is 12.9. The summed E-state index contributed by atoms with van der Waals surface area (Å²) in [5.74, 6) is 0.375. The van der Waals surface area contributed by atoms with Gasteiger partial charge in [0.25, 0.3) is 5.56 Å². The number of Topliss-reactive ketones (excluding diaryl/α,β-unsaturated/α-hetero) is 1. The number of hydrogen-bond acceptors (Lipinski definition) is 4. The third-order valence-electron chi connectivity index (χ3n) is 3.88. The van der Waals surface area contributed by atoms with Crippen molar-refractivity contribution in [2.24, 2.45) is 5.92 Å². The van der Waals surface area contributed by atoms with Crippen LogP contribution in [0.25, 0.3) is 10.9 Å². The summed E-state index contributed by atoms with van der Waals surface area (Å²) < 4.78 is 1.66. The Bertz CT molecular complexity index is 1010. The van der Waals surface area contributed by atoms with E-state index in [1.807, 2.05) is 32.0 Å². The number of para-hydroxylation sites is 1. The van der Waals surface area contributed by atoms with E-state index in [4.69, 9.17) is 11.6 Å². The number of benzene rings is 2. The molecule has 4 nitrogen and oxygen atoms in total. The Morgan fingerprint density at radius 3 is 2.58 bits per heavy atom. The summed E-state index contributed by atoms with van der Waals surface area (Å²) in [5, 5.41) is 1.59. The monoisotopic (exact) mass is 386 g/mol. The van der Waals surface area contributed by atoms with Crippen LogP contribution in [0.5, 0.6) is 0 Å². The summed E-state index contributed by atoms with van der Waals surface area (Å²) in [6.45, 7) is 4.65. The molecule has 3 aromatic rings. The van der Waals surface area contributed by atoms with Crippen LogP contribution in [0, 0.1) is 5.92 Å². The fourth-order valence-corrected chi connectivity index (χ4v) is 3.81. The van der Waals surface area contributed by atoms with Gasteiger partial charge in [0.1, 0.15) is 0 Å². The molecule has 0 aliphatic rings. The van der Waals surface area contributed by atoms with Gasteiger partial charge in [0.05, 0.1) is 21.7 Å². The maximum atomic E-state index is 12.9. The molecule has 0 amide bonds. The molecule has 0 aliphatic heterocycles. The largest absolute Gasteiger partial charge is 0.293 e. The Morgan fingerprint density at radius 2 is 1.85 bits per heavy atom. The summed E-state index contributed by atoms with van der Waals surface area (Å²) in [4.78, 5) is 30.0. The van der Waals surface area contributed by atoms with Gasteiger partial charge in [-0.05, 0) is 30.2 Å². The lowest BCUT2D eigenvalue weighted by Crippen LogP contribution is -2.25. The molecule has 0 saturated heterocycles. The molecule has 26 heavy (non-hydrogen) atoms. The zero-order valence-electron chi connectivity index (χ0n) is 14.6. The number of nitrogens with zero attached hydrogens (tertiary/aromatic N) is 2. The van der Waals surface area contributed by atoms with Crippen LogP contribution in [0.15, 0.2) is 58.5 Å². The van der Waals surface area contributed by atoms with Crippen LogP contribution in [0.2, 0.25) is 5.02 Å². The Morgan fingerprint density at radius 1 is 1.15 bits per heavy atom. The van der Waals surface area contributed by atoms with Crippen LogP contribution in [-0.2, 0) is 6.54 Å². The molecule has 2 aromatic carbocycles. The molecule has 1 heterocycles. The van der Waals surface area contributed by atoms with Crippen molar-refractivity contribution in [2.45, 2.75) is 25.5 Å². The van der Waals surface area contributed by atoms with E-state index in [0.29, 0.717) is 33.2 Å². The van der Waals surface area contributed by atoms with E-state index in [9.17, 15) is 9.59 Å². The highest BCUT2D eigenvalue weighted by atomic mass is 35.5. The number of rotatable bonds is 6. The number of thioether (sulfide) groups is 1. The molecule has 0 bridgehead atoms. The highest BCUT2D eigenvalue weighted by molar-refractivity contribution is 7.99. The van der Waals surface area contributed by atoms with E-state index in [1.165, 1.54) is 11.8 Å². The number of hydrogen-bond donors (Lipinski definition) is 0. The smallest absolute Gasteiger partial charge is 0.262 e.